The summed E-state index contributed by atoms with van der Waals surface area (Å²) in [5, 5.41) is 0. The molecule has 0 saturated carbocycles. The fourth-order valence-electron chi connectivity index (χ4n) is 3.18. The van der Waals surface area contributed by atoms with E-state index in [0.717, 1.165) is 11.0 Å². The maximum absolute atomic E-state index is 6.27. The number of benzene rings is 2. The van der Waals surface area contributed by atoms with E-state index in [1.54, 1.807) is 0 Å². The molecule has 1 saturated heterocycles. The molecule has 1 aliphatic rings. The van der Waals surface area contributed by atoms with Crippen molar-refractivity contribution in [1.82, 2.24) is 0 Å². The molecule has 122 valence electrons. The molecule has 0 unspecified atom stereocenters. The quantitative estimate of drug-likeness (QED) is 0.789. The maximum Gasteiger partial charge on any atom is 0.169 e. The van der Waals surface area contributed by atoms with Crippen LogP contribution in [0.15, 0.2) is 60.7 Å². The van der Waals surface area contributed by atoms with Gasteiger partial charge in [0.05, 0.1) is 33.7 Å². The average molecular weight is 312 g/mol. The summed E-state index contributed by atoms with van der Waals surface area (Å²) in [5.41, 5.74) is 2.46. The SMILES string of the molecule is C[N+](C)(C)C[C@@H]1CO[C@@H](C(c2ccccc2)c2ccccc2)O1. The fourth-order valence-corrected chi connectivity index (χ4v) is 3.18. The normalized spacial score (nSPS) is 21.7. The smallest absolute Gasteiger partial charge is 0.169 e. The third kappa shape index (κ3) is 4.20. The van der Waals surface area contributed by atoms with Crippen LogP contribution in [0, 0.1) is 0 Å². The number of nitrogens with zero attached hydrogens (tertiary/aromatic N) is 1. The minimum Gasteiger partial charge on any atom is -0.349 e. The van der Waals surface area contributed by atoms with Crippen molar-refractivity contribution >= 4 is 0 Å². The first kappa shape index (κ1) is 16.2. The summed E-state index contributed by atoms with van der Waals surface area (Å²) in [6.45, 7) is 1.61. The van der Waals surface area contributed by atoms with Crippen LogP contribution in [-0.4, -0.2) is 51.2 Å². The van der Waals surface area contributed by atoms with Gasteiger partial charge in [-0.05, 0) is 11.1 Å². The van der Waals surface area contributed by atoms with Gasteiger partial charge in [0.1, 0.15) is 12.6 Å². The van der Waals surface area contributed by atoms with Crippen molar-refractivity contribution < 1.29 is 14.0 Å². The zero-order chi connectivity index (χ0) is 16.3. The lowest BCUT2D eigenvalue weighted by Crippen LogP contribution is -2.42. The first-order valence-corrected chi connectivity index (χ1v) is 8.20. The van der Waals surface area contributed by atoms with Crippen LogP contribution in [0.3, 0.4) is 0 Å². The van der Waals surface area contributed by atoms with E-state index in [0.29, 0.717) is 6.61 Å². The van der Waals surface area contributed by atoms with Crippen molar-refractivity contribution in [2.45, 2.75) is 18.3 Å². The molecule has 1 fully saturated rings. The van der Waals surface area contributed by atoms with Gasteiger partial charge < -0.3 is 14.0 Å². The third-order valence-corrected chi connectivity index (χ3v) is 4.11. The molecule has 0 spiro atoms. The van der Waals surface area contributed by atoms with Crippen molar-refractivity contribution in [3.05, 3.63) is 71.8 Å². The molecular weight excluding hydrogens is 286 g/mol. The number of likely N-dealkylation sites (N-methyl/N-ethyl adjacent to an activating group) is 1. The van der Waals surface area contributed by atoms with E-state index < -0.39 is 0 Å². The van der Waals surface area contributed by atoms with Crippen molar-refractivity contribution in [3.63, 3.8) is 0 Å². The van der Waals surface area contributed by atoms with Crippen LogP contribution < -0.4 is 0 Å². The molecule has 2 atom stereocenters. The second-order valence-corrected chi connectivity index (χ2v) is 7.23. The largest absolute Gasteiger partial charge is 0.349 e. The van der Waals surface area contributed by atoms with E-state index in [2.05, 4.69) is 69.7 Å². The molecule has 2 aromatic rings. The Morgan fingerprint density at radius 1 is 0.913 bits per heavy atom. The van der Waals surface area contributed by atoms with Crippen molar-refractivity contribution in [2.75, 3.05) is 34.3 Å². The Balaban J connectivity index is 1.83. The second kappa shape index (κ2) is 6.83. The molecule has 0 aromatic heterocycles. The molecule has 1 aliphatic heterocycles. The van der Waals surface area contributed by atoms with E-state index in [9.17, 15) is 0 Å². The van der Waals surface area contributed by atoms with Crippen LogP contribution in [0.1, 0.15) is 17.0 Å². The Hall–Kier alpha value is -1.68. The Morgan fingerprint density at radius 3 is 1.91 bits per heavy atom. The molecule has 0 radical (unpaired) electrons. The predicted molar refractivity (Wildman–Crippen MR) is 92.2 cm³/mol. The van der Waals surface area contributed by atoms with Gasteiger partial charge in [0, 0.05) is 0 Å². The lowest BCUT2D eigenvalue weighted by Gasteiger charge is -2.27. The highest BCUT2D eigenvalue weighted by Crippen LogP contribution is 2.33. The van der Waals surface area contributed by atoms with Gasteiger partial charge in [-0.25, -0.2) is 0 Å². The van der Waals surface area contributed by atoms with Crippen LogP contribution in [0.4, 0.5) is 0 Å². The summed E-state index contributed by atoms with van der Waals surface area (Å²) in [6.07, 6.45) is -0.0775. The lowest BCUT2D eigenvalue weighted by molar-refractivity contribution is -0.873. The molecule has 3 heteroatoms. The zero-order valence-electron chi connectivity index (χ0n) is 14.2. The average Bonchev–Trinajstić information content (AvgIpc) is 2.96. The first-order chi connectivity index (χ1) is 11.0. The topological polar surface area (TPSA) is 18.5 Å². The van der Waals surface area contributed by atoms with Crippen molar-refractivity contribution in [3.8, 4) is 0 Å². The van der Waals surface area contributed by atoms with Gasteiger partial charge in [0.15, 0.2) is 6.29 Å². The molecule has 0 bridgehead atoms. The second-order valence-electron chi connectivity index (χ2n) is 7.23. The summed E-state index contributed by atoms with van der Waals surface area (Å²) >= 11 is 0. The molecule has 3 nitrogen and oxygen atoms in total. The summed E-state index contributed by atoms with van der Waals surface area (Å²) < 4.78 is 13.2. The van der Waals surface area contributed by atoms with Gasteiger partial charge in [-0.2, -0.15) is 0 Å². The number of rotatable bonds is 5. The van der Waals surface area contributed by atoms with Gasteiger partial charge in [-0.15, -0.1) is 0 Å². The highest BCUT2D eigenvalue weighted by molar-refractivity contribution is 5.33. The maximum atomic E-state index is 6.27. The molecule has 0 amide bonds. The van der Waals surface area contributed by atoms with Gasteiger partial charge in [0.25, 0.3) is 0 Å². The van der Waals surface area contributed by atoms with Crippen LogP contribution in [0.2, 0.25) is 0 Å². The number of hydrogen-bond donors (Lipinski definition) is 0. The van der Waals surface area contributed by atoms with Crippen LogP contribution in [-0.2, 0) is 9.47 Å². The zero-order valence-corrected chi connectivity index (χ0v) is 14.2. The molecule has 0 aliphatic carbocycles. The summed E-state index contributed by atoms with van der Waals surface area (Å²) in [4.78, 5) is 0. The summed E-state index contributed by atoms with van der Waals surface area (Å²) in [7, 11) is 6.55. The van der Waals surface area contributed by atoms with Crippen LogP contribution >= 0.6 is 0 Å². The van der Waals surface area contributed by atoms with E-state index in [4.69, 9.17) is 9.47 Å². The Bertz CT molecular complexity index is 567. The van der Waals surface area contributed by atoms with Gasteiger partial charge >= 0.3 is 0 Å². The molecule has 23 heavy (non-hydrogen) atoms. The number of hydrogen-bond acceptors (Lipinski definition) is 2. The molecule has 1 heterocycles. The van der Waals surface area contributed by atoms with Crippen LogP contribution in [0.5, 0.6) is 0 Å². The summed E-state index contributed by atoms with van der Waals surface area (Å²) in [6, 6.07) is 21.0. The Kier molecular flexibility index (Phi) is 4.81. The van der Waals surface area contributed by atoms with E-state index in [-0.39, 0.29) is 18.3 Å². The minimum atomic E-state index is -0.226. The Morgan fingerprint density at radius 2 is 1.43 bits per heavy atom. The minimum absolute atomic E-state index is 0.106. The standard InChI is InChI=1S/C20H26NO2/c1-21(2,3)14-18-15-22-20(23-18)19(16-10-6-4-7-11-16)17-12-8-5-9-13-17/h4-13,18-20H,14-15H2,1-3H3/q+1/t18-,20-/m1/s1. The van der Waals surface area contributed by atoms with Crippen molar-refractivity contribution in [2.24, 2.45) is 0 Å². The predicted octanol–water partition coefficient (Wildman–Crippen LogP) is 3.27. The van der Waals surface area contributed by atoms with Crippen LogP contribution in [0.25, 0.3) is 0 Å². The lowest BCUT2D eigenvalue weighted by atomic mass is 9.91. The van der Waals surface area contributed by atoms with E-state index in [1.165, 1.54) is 11.1 Å². The molecule has 2 aromatic carbocycles. The number of ether oxygens (including phenoxy) is 2. The Labute approximate surface area is 139 Å². The molecule has 0 N–H and O–H groups in total. The highest BCUT2D eigenvalue weighted by Gasteiger charge is 2.36. The highest BCUT2D eigenvalue weighted by atomic mass is 16.7. The fraction of sp³-hybridized carbons (Fsp3) is 0.400. The number of quaternary nitrogens is 1. The molecular formula is C20H26NO2+. The van der Waals surface area contributed by atoms with Gasteiger partial charge in [-0.3, -0.25) is 0 Å². The van der Waals surface area contributed by atoms with Gasteiger partial charge in [0.2, 0.25) is 0 Å². The van der Waals surface area contributed by atoms with E-state index >= 15 is 0 Å². The van der Waals surface area contributed by atoms with E-state index in [1.807, 2.05) is 12.1 Å². The molecule has 3 rings (SSSR count). The third-order valence-electron chi connectivity index (χ3n) is 4.11. The van der Waals surface area contributed by atoms with Gasteiger partial charge in [-0.1, -0.05) is 60.7 Å². The monoisotopic (exact) mass is 312 g/mol. The first-order valence-electron chi connectivity index (χ1n) is 8.20. The summed E-state index contributed by atoms with van der Waals surface area (Å²) in [5.74, 6) is 0.106. The van der Waals surface area contributed by atoms with Crippen molar-refractivity contribution in [1.29, 1.82) is 0 Å².